The summed E-state index contributed by atoms with van der Waals surface area (Å²) in [5.74, 6) is 0. The maximum atomic E-state index is 12.8. The molecule has 0 heterocycles. The summed E-state index contributed by atoms with van der Waals surface area (Å²) in [5, 5.41) is 1.96. The first-order valence-corrected chi connectivity index (χ1v) is 7.67. The Kier molecular flexibility index (Phi) is 4.28. The third-order valence-corrected chi connectivity index (χ3v) is 4.93. The SMILES string of the molecule is CCc1ccccc1[P](=O)c1ccccc1CC. The molecule has 0 saturated heterocycles. The minimum atomic E-state index is -1.47. The molecule has 0 bridgehead atoms. The highest BCUT2D eigenvalue weighted by molar-refractivity contribution is 7.61. The van der Waals surface area contributed by atoms with Crippen LogP contribution in [0.4, 0.5) is 0 Å². The zero-order valence-electron chi connectivity index (χ0n) is 10.9. The first kappa shape index (κ1) is 13.0. The summed E-state index contributed by atoms with van der Waals surface area (Å²) >= 11 is 0. The molecule has 0 N–H and O–H groups in total. The van der Waals surface area contributed by atoms with Crippen LogP contribution in [0.1, 0.15) is 25.0 Å². The average Bonchev–Trinajstić information content (AvgIpc) is 2.46. The van der Waals surface area contributed by atoms with Gasteiger partial charge >= 0.3 is 0 Å². The Balaban J connectivity index is 2.48. The van der Waals surface area contributed by atoms with Gasteiger partial charge in [0.2, 0.25) is 0 Å². The summed E-state index contributed by atoms with van der Waals surface area (Å²) in [5.41, 5.74) is 2.37. The molecule has 2 rings (SSSR count). The lowest BCUT2D eigenvalue weighted by molar-refractivity contribution is 0.598. The van der Waals surface area contributed by atoms with Crippen molar-refractivity contribution >= 4 is 18.4 Å². The van der Waals surface area contributed by atoms with Crippen molar-refractivity contribution in [3.63, 3.8) is 0 Å². The number of rotatable bonds is 4. The van der Waals surface area contributed by atoms with Gasteiger partial charge in [-0.05, 0) is 36.1 Å². The van der Waals surface area contributed by atoms with E-state index in [1.165, 1.54) is 11.1 Å². The van der Waals surface area contributed by atoms with Crippen LogP contribution in [0, 0.1) is 0 Å². The molecule has 0 aliphatic carbocycles. The summed E-state index contributed by atoms with van der Waals surface area (Å²) in [7, 11) is -1.47. The van der Waals surface area contributed by atoms with E-state index in [1.54, 1.807) is 0 Å². The van der Waals surface area contributed by atoms with E-state index in [0.29, 0.717) is 0 Å². The molecule has 2 aromatic carbocycles. The second-order valence-electron chi connectivity index (χ2n) is 4.26. The van der Waals surface area contributed by atoms with Gasteiger partial charge in [0.05, 0.1) is 0 Å². The topological polar surface area (TPSA) is 17.1 Å². The van der Waals surface area contributed by atoms with Crippen LogP contribution < -0.4 is 10.6 Å². The third kappa shape index (κ3) is 2.52. The van der Waals surface area contributed by atoms with E-state index in [-0.39, 0.29) is 0 Å². The Morgan fingerprint density at radius 1 is 0.778 bits per heavy atom. The van der Waals surface area contributed by atoms with Crippen molar-refractivity contribution in [3.8, 4) is 0 Å². The summed E-state index contributed by atoms with van der Waals surface area (Å²) in [6.45, 7) is 4.21. The van der Waals surface area contributed by atoms with E-state index in [9.17, 15) is 4.57 Å². The van der Waals surface area contributed by atoms with Crippen LogP contribution in [0.3, 0.4) is 0 Å². The molecule has 0 spiro atoms. The van der Waals surface area contributed by atoms with E-state index in [1.807, 2.05) is 36.4 Å². The van der Waals surface area contributed by atoms with Crippen LogP contribution >= 0.6 is 7.80 Å². The minimum absolute atomic E-state index is 0.922. The Bertz CT molecular complexity index is 511. The van der Waals surface area contributed by atoms with Crippen LogP contribution in [-0.4, -0.2) is 0 Å². The fourth-order valence-electron chi connectivity index (χ4n) is 2.15. The molecule has 18 heavy (non-hydrogen) atoms. The first-order chi connectivity index (χ1) is 8.77. The Morgan fingerprint density at radius 3 is 1.56 bits per heavy atom. The van der Waals surface area contributed by atoms with Crippen molar-refractivity contribution in [1.29, 1.82) is 0 Å². The molecule has 0 atom stereocenters. The van der Waals surface area contributed by atoms with E-state index in [0.717, 1.165) is 23.5 Å². The van der Waals surface area contributed by atoms with Crippen molar-refractivity contribution < 1.29 is 4.57 Å². The lowest BCUT2D eigenvalue weighted by atomic mass is 10.2. The first-order valence-electron chi connectivity index (χ1n) is 6.41. The molecule has 0 saturated carbocycles. The molecule has 2 aromatic rings. The molecular formula is C16H18OP. The highest BCUT2D eigenvalue weighted by atomic mass is 31.1. The highest BCUT2D eigenvalue weighted by Crippen LogP contribution is 2.24. The van der Waals surface area contributed by atoms with Crippen molar-refractivity contribution in [2.75, 3.05) is 0 Å². The maximum absolute atomic E-state index is 12.8. The number of hydrogen-bond acceptors (Lipinski definition) is 1. The van der Waals surface area contributed by atoms with E-state index < -0.39 is 7.80 Å². The van der Waals surface area contributed by atoms with E-state index >= 15 is 0 Å². The van der Waals surface area contributed by atoms with Gasteiger partial charge in [-0.3, -0.25) is 4.57 Å². The summed E-state index contributed by atoms with van der Waals surface area (Å²) in [6, 6.07) is 16.1. The second kappa shape index (κ2) is 5.93. The molecule has 2 heteroatoms. The molecule has 0 aliphatic heterocycles. The van der Waals surface area contributed by atoms with E-state index in [2.05, 4.69) is 26.0 Å². The van der Waals surface area contributed by atoms with Crippen LogP contribution in [0.2, 0.25) is 0 Å². The molecular weight excluding hydrogens is 239 g/mol. The molecule has 1 radical (unpaired) electrons. The van der Waals surface area contributed by atoms with Gasteiger partial charge in [0, 0.05) is 10.6 Å². The Hall–Kier alpha value is -1.46. The number of aryl methyl sites for hydroxylation is 2. The monoisotopic (exact) mass is 257 g/mol. The molecule has 0 fully saturated rings. The zero-order chi connectivity index (χ0) is 13.0. The van der Waals surface area contributed by atoms with Gasteiger partial charge in [-0.1, -0.05) is 50.2 Å². The largest absolute Gasteiger partial charge is 0.277 e. The quantitative estimate of drug-likeness (QED) is 0.765. The van der Waals surface area contributed by atoms with Gasteiger partial charge in [0.1, 0.15) is 7.80 Å². The van der Waals surface area contributed by atoms with Crippen molar-refractivity contribution in [3.05, 3.63) is 59.7 Å². The Labute approximate surface area is 110 Å². The van der Waals surface area contributed by atoms with Gasteiger partial charge in [0.15, 0.2) is 0 Å². The summed E-state index contributed by atoms with van der Waals surface area (Å²) in [6.07, 6.45) is 1.84. The fourth-order valence-corrected chi connectivity index (χ4v) is 3.84. The minimum Gasteiger partial charge on any atom is -0.277 e. The predicted octanol–water partition coefficient (Wildman–Crippen LogP) is 3.59. The van der Waals surface area contributed by atoms with Crippen molar-refractivity contribution in [1.82, 2.24) is 0 Å². The lowest BCUT2D eigenvalue weighted by Gasteiger charge is -2.10. The van der Waals surface area contributed by atoms with Crippen LogP contribution in [0.5, 0.6) is 0 Å². The average molecular weight is 257 g/mol. The molecule has 0 aliphatic rings. The van der Waals surface area contributed by atoms with Crippen LogP contribution in [0.25, 0.3) is 0 Å². The van der Waals surface area contributed by atoms with Crippen molar-refractivity contribution in [2.24, 2.45) is 0 Å². The van der Waals surface area contributed by atoms with Gasteiger partial charge < -0.3 is 0 Å². The fraction of sp³-hybridized carbons (Fsp3) is 0.250. The summed E-state index contributed by atoms with van der Waals surface area (Å²) in [4.78, 5) is 0. The van der Waals surface area contributed by atoms with Gasteiger partial charge in [-0.25, -0.2) is 0 Å². The molecule has 1 nitrogen and oxygen atoms in total. The van der Waals surface area contributed by atoms with Gasteiger partial charge in [-0.2, -0.15) is 0 Å². The summed E-state index contributed by atoms with van der Waals surface area (Å²) < 4.78 is 12.8. The Morgan fingerprint density at radius 2 is 1.17 bits per heavy atom. The lowest BCUT2D eigenvalue weighted by Crippen LogP contribution is -2.14. The van der Waals surface area contributed by atoms with Gasteiger partial charge in [-0.15, -0.1) is 0 Å². The smallest absolute Gasteiger partial charge is 0.137 e. The molecule has 0 unspecified atom stereocenters. The van der Waals surface area contributed by atoms with Crippen LogP contribution in [0.15, 0.2) is 48.5 Å². The highest BCUT2D eigenvalue weighted by Gasteiger charge is 2.13. The number of hydrogen-bond donors (Lipinski definition) is 0. The van der Waals surface area contributed by atoms with Gasteiger partial charge in [0.25, 0.3) is 0 Å². The second-order valence-corrected chi connectivity index (χ2v) is 5.81. The molecule has 0 aromatic heterocycles. The standard InChI is InChI=1S/C16H18OP/c1-3-13-9-5-7-11-15(13)18(17)16-12-8-6-10-14(16)4-2/h5-12H,3-4H2,1-2H3. The normalized spacial score (nSPS) is 10.3. The maximum Gasteiger partial charge on any atom is 0.137 e. The number of benzene rings is 2. The molecule has 0 amide bonds. The molecule has 93 valence electrons. The van der Waals surface area contributed by atoms with Crippen LogP contribution in [-0.2, 0) is 17.4 Å². The third-order valence-electron chi connectivity index (χ3n) is 3.18. The predicted molar refractivity (Wildman–Crippen MR) is 78.5 cm³/mol. The van der Waals surface area contributed by atoms with E-state index in [4.69, 9.17) is 0 Å². The zero-order valence-corrected chi connectivity index (χ0v) is 11.8. The van der Waals surface area contributed by atoms with Crippen molar-refractivity contribution in [2.45, 2.75) is 26.7 Å².